The monoisotopic (exact) mass is 279 g/mol. The van der Waals surface area contributed by atoms with Crippen molar-refractivity contribution in [1.29, 1.82) is 0 Å². The minimum atomic E-state index is -0.454. The Kier molecular flexibility index (Phi) is 4.04. The molecule has 20 heavy (non-hydrogen) atoms. The Labute approximate surface area is 120 Å². The van der Waals surface area contributed by atoms with Crippen LogP contribution < -0.4 is 10.8 Å². The van der Waals surface area contributed by atoms with Gasteiger partial charge in [0.2, 0.25) is 5.95 Å². The van der Waals surface area contributed by atoms with Gasteiger partial charge in [-0.1, -0.05) is 0 Å². The summed E-state index contributed by atoms with van der Waals surface area (Å²) in [4.78, 5) is 8.43. The number of nitrogens with one attached hydrogen (secondary N) is 1. The molecule has 2 N–H and O–H groups in total. The first-order valence-corrected chi connectivity index (χ1v) is 6.80. The van der Waals surface area contributed by atoms with Crippen LogP contribution in [-0.2, 0) is 9.31 Å². The summed E-state index contributed by atoms with van der Waals surface area (Å²) in [5.74, 6) is 0.479. The minimum absolute atomic E-state index is 0.0301. The van der Waals surface area contributed by atoms with Crippen LogP contribution in [0.15, 0.2) is 12.4 Å². The number of hydrogen-bond donors (Lipinski definition) is 2. The summed E-state index contributed by atoms with van der Waals surface area (Å²) in [5, 5.41) is 12.0. The molecule has 0 amide bonds. The highest BCUT2D eigenvalue weighted by atomic mass is 16.7. The predicted molar refractivity (Wildman–Crippen MR) is 77.9 cm³/mol. The van der Waals surface area contributed by atoms with Crippen LogP contribution in [0.2, 0.25) is 0 Å². The van der Waals surface area contributed by atoms with E-state index in [0.717, 1.165) is 5.46 Å². The summed E-state index contributed by atoms with van der Waals surface area (Å²) in [5.41, 5.74) is 0.0332. The molecule has 1 fully saturated rings. The third-order valence-corrected chi connectivity index (χ3v) is 3.85. The van der Waals surface area contributed by atoms with Crippen LogP contribution >= 0.6 is 0 Å². The molecule has 2 rings (SSSR count). The van der Waals surface area contributed by atoms with Gasteiger partial charge < -0.3 is 19.7 Å². The van der Waals surface area contributed by atoms with Gasteiger partial charge in [-0.3, -0.25) is 0 Å². The fraction of sp³-hybridized carbons (Fsp3) is 0.692. The van der Waals surface area contributed by atoms with Crippen LogP contribution in [0.1, 0.15) is 34.6 Å². The number of nitrogens with zero attached hydrogens (tertiary/aromatic N) is 2. The maximum absolute atomic E-state index is 8.98. The molecule has 0 aliphatic carbocycles. The van der Waals surface area contributed by atoms with Crippen molar-refractivity contribution < 1.29 is 14.4 Å². The maximum Gasteiger partial charge on any atom is 0.498 e. The average Bonchev–Trinajstić information content (AvgIpc) is 2.59. The number of anilines is 1. The van der Waals surface area contributed by atoms with Crippen molar-refractivity contribution in [2.24, 2.45) is 0 Å². The Morgan fingerprint density at radius 1 is 1.20 bits per heavy atom. The standard InChI is InChI=1S/C13H22BN3O3/c1-9(8-18)17-11-15-6-10(7-16-11)14-19-12(2,3)13(4,5)20-14/h6-7,9,18H,8H2,1-5H3,(H,15,16,17). The van der Waals surface area contributed by atoms with Crippen molar-refractivity contribution in [3.8, 4) is 0 Å². The average molecular weight is 279 g/mol. The molecule has 1 unspecified atom stereocenters. The molecule has 1 saturated heterocycles. The molecule has 1 aromatic heterocycles. The SMILES string of the molecule is CC(CO)Nc1ncc(B2OC(C)(C)C(C)(C)O2)cn1. The van der Waals surface area contributed by atoms with E-state index in [0.29, 0.717) is 5.95 Å². The van der Waals surface area contributed by atoms with Crippen LogP contribution in [0.5, 0.6) is 0 Å². The number of aliphatic hydroxyl groups is 1. The van der Waals surface area contributed by atoms with Crippen LogP contribution in [0.25, 0.3) is 0 Å². The van der Waals surface area contributed by atoms with Crippen LogP contribution in [0.4, 0.5) is 5.95 Å². The molecule has 0 saturated carbocycles. The van der Waals surface area contributed by atoms with Crippen molar-refractivity contribution in [3.63, 3.8) is 0 Å². The fourth-order valence-electron chi connectivity index (χ4n) is 1.78. The lowest BCUT2D eigenvalue weighted by Crippen LogP contribution is -2.41. The number of hydrogen-bond acceptors (Lipinski definition) is 6. The van der Waals surface area contributed by atoms with Crippen LogP contribution in [0, 0.1) is 0 Å². The molecule has 6 nitrogen and oxygen atoms in total. The largest absolute Gasteiger partial charge is 0.498 e. The molecule has 0 radical (unpaired) electrons. The Balaban J connectivity index is 2.08. The number of aliphatic hydroxyl groups excluding tert-OH is 1. The molecule has 0 bridgehead atoms. The molecule has 1 atom stereocenters. The zero-order valence-corrected chi connectivity index (χ0v) is 12.7. The molecule has 0 aromatic carbocycles. The quantitative estimate of drug-likeness (QED) is 0.785. The van der Waals surface area contributed by atoms with Gasteiger partial charge in [0.15, 0.2) is 0 Å². The van der Waals surface area contributed by atoms with Gasteiger partial charge in [0.05, 0.1) is 17.8 Å². The number of aromatic nitrogens is 2. The lowest BCUT2D eigenvalue weighted by Gasteiger charge is -2.32. The molecule has 7 heteroatoms. The first-order chi connectivity index (χ1) is 9.25. The zero-order chi connectivity index (χ0) is 15.0. The van der Waals surface area contributed by atoms with Gasteiger partial charge in [-0.25, -0.2) is 9.97 Å². The van der Waals surface area contributed by atoms with Gasteiger partial charge in [0, 0.05) is 23.9 Å². The van der Waals surface area contributed by atoms with E-state index in [1.807, 2.05) is 34.6 Å². The van der Waals surface area contributed by atoms with E-state index in [4.69, 9.17) is 14.4 Å². The Bertz CT molecular complexity index is 448. The molecule has 1 aliphatic rings. The van der Waals surface area contributed by atoms with Gasteiger partial charge in [0.1, 0.15) is 0 Å². The van der Waals surface area contributed by atoms with E-state index in [2.05, 4.69) is 15.3 Å². The Morgan fingerprint density at radius 2 is 1.70 bits per heavy atom. The molecule has 110 valence electrons. The van der Waals surface area contributed by atoms with E-state index in [1.54, 1.807) is 12.4 Å². The van der Waals surface area contributed by atoms with Crippen LogP contribution in [-0.4, -0.2) is 46.0 Å². The normalized spacial score (nSPS) is 21.8. The molecule has 1 aromatic rings. The Morgan fingerprint density at radius 3 is 2.15 bits per heavy atom. The second kappa shape index (κ2) is 5.31. The highest BCUT2D eigenvalue weighted by Gasteiger charge is 2.51. The predicted octanol–water partition coefficient (Wildman–Crippen LogP) is 0.568. The maximum atomic E-state index is 8.98. The molecular weight excluding hydrogens is 257 g/mol. The highest BCUT2D eigenvalue weighted by Crippen LogP contribution is 2.36. The third kappa shape index (κ3) is 2.94. The van der Waals surface area contributed by atoms with Crippen molar-refractivity contribution in [3.05, 3.63) is 12.4 Å². The van der Waals surface area contributed by atoms with Crippen LogP contribution in [0.3, 0.4) is 0 Å². The zero-order valence-electron chi connectivity index (χ0n) is 12.7. The number of rotatable bonds is 4. The van der Waals surface area contributed by atoms with Gasteiger partial charge in [0.25, 0.3) is 0 Å². The van der Waals surface area contributed by atoms with Gasteiger partial charge in [-0.15, -0.1) is 0 Å². The second-order valence-corrected chi connectivity index (χ2v) is 6.16. The summed E-state index contributed by atoms with van der Waals surface area (Å²) in [6.07, 6.45) is 3.36. The lowest BCUT2D eigenvalue weighted by atomic mass is 9.81. The van der Waals surface area contributed by atoms with Crippen molar-refractivity contribution in [2.45, 2.75) is 51.9 Å². The van der Waals surface area contributed by atoms with E-state index in [1.165, 1.54) is 0 Å². The molecule has 1 aliphatic heterocycles. The summed E-state index contributed by atoms with van der Waals surface area (Å²) < 4.78 is 11.9. The van der Waals surface area contributed by atoms with Gasteiger partial charge in [-0.2, -0.15) is 0 Å². The van der Waals surface area contributed by atoms with E-state index in [-0.39, 0.29) is 23.9 Å². The smallest absolute Gasteiger partial charge is 0.399 e. The van der Waals surface area contributed by atoms with Gasteiger partial charge >= 0.3 is 7.12 Å². The first-order valence-electron chi connectivity index (χ1n) is 6.80. The first kappa shape index (κ1) is 15.2. The van der Waals surface area contributed by atoms with Gasteiger partial charge in [-0.05, 0) is 34.6 Å². The molecule has 2 heterocycles. The summed E-state index contributed by atoms with van der Waals surface area (Å²) >= 11 is 0. The minimum Gasteiger partial charge on any atom is -0.399 e. The summed E-state index contributed by atoms with van der Waals surface area (Å²) in [6.45, 7) is 9.91. The summed E-state index contributed by atoms with van der Waals surface area (Å²) in [6, 6.07) is -0.0855. The second-order valence-electron chi connectivity index (χ2n) is 6.16. The van der Waals surface area contributed by atoms with Crippen molar-refractivity contribution >= 4 is 18.5 Å². The third-order valence-electron chi connectivity index (χ3n) is 3.85. The molecular formula is C13H22BN3O3. The lowest BCUT2D eigenvalue weighted by molar-refractivity contribution is 0.00578. The summed E-state index contributed by atoms with van der Waals surface area (Å²) in [7, 11) is -0.454. The molecule has 0 spiro atoms. The van der Waals surface area contributed by atoms with E-state index in [9.17, 15) is 0 Å². The van der Waals surface area contributed by atoms with E-state index >= 15 is 0 Å². The Hall–Kier alpha value is -1.18. The van der Waals surface area contributed by atoms with Crippen molar-refractivity contribution in [2.75, 3.05) is 11.9 Å². The fourth-order valence-corrected chi connectivity index (χ4v) is 1.78. The topological polar surface area (TPSA) is 76.5 Å². The highest BCUT2D eigenvalue weighted by molar-refractivity contribution is 6.61. The van der Waals surface area contributed by atoms with Crippen molar-refractivity contribution in [1.82, 2.24) is 9.97 Å². The van der Waals surface area contributed by atoms with E-state index < -0.39 is 7.12 Å².